The van der Waals surface area contributed by atoms with Crippen molar-refractivity contribution < 1.29 is 14.3 Å². The van der Waals surface area contributed by atoms with E-state index in [9.17, 15) is 9.59 Å². The van der Waals surface area contributed by atoms with E-state index in [-0.39, 0.29) is 11.4 Å². The van der Waals surface area contributed by atoms with Gasteiger partial charge in [-0.3, -0.25) is 4.79 Å². The summed E-state index contributed by atoms with van der Waals surface area (Å²) in [5, 5.41) is 0. The second kappa shape index (κ2) is 6.40. The predicted octanol–water partition coefficient (Wildman–Crippen LogP) is 1.86. The highest BCUT2D eigenvalue weighted by molar-refractivity contribution is 6.16. The van der Waals surface area contributed by atoms with Gasteiger partial charge in [0.25, 0.3) is 0 Å². The van der Waals surface area contributed by atoms with Gasteiger partial charge in [-0.05, 0) is 6.42 Å². The molecule has 74 valence electrons. The lowest BCUT2D eigenvalue weighted by Crippen LogP contribution is -2.14. The van der Waals surface area contributed by atoms with Crippen LogP contribution in [0.3, 0.4) is 0 Å². The highest BCUT2D eigenvalue weighted by Gasteiger charge is 2.14. The average molecular weight is 184 g/mol. The molecule has 3 nitrogen and oxygen atoms in total. The monoisotopic (exact) mass is 184 g/mol. The summed E-state index contributed by atoms with van der Waals surface area (Å²) in [6, 6.07) is 0. The molecule has 0 fully saturated rings. The molecular weight excluding hydrogens is 168 g/mol. The molecule has 0 amide bonds. The van der Waals surface area contributed by atoms with Gasteiger partial charge in [-0.15, -0.1) is 0 Å². The standard InChI is InChI=1S/C10H16O3/c1-4-6-7-13-10(12)8(3)9(11)5-2/h3-7H2,1-2H3. The first kappa shape index (κ1) is 11.9. The number of carbonyl (C=O) groups excluding carboxylic acids is 2. The van der Waals surface area contributed by atoms with Crippen LogP contribution in [-0.4, -0.2) is 18.4 Å². The molecule has 0 bridgehead atoms. The van der Waals surface area contributed by atoms with E-state index in [1.807, 2.05) is 6.92 Å². The lowest BCUT2D eigenvalue weighted by atomic mass is 10.1. The molecule has 0 N–H and O–H groups in total. The Morgan fingerprint density at radius 1 is 1.31 bits per heavy atom. The molecular formula is C10H16O3. The lowest BCUT2D eigenvalue weighted by molar-refractivity contribution is -0.140. The largest absolute Gasteiger partial charge is 0.462 e. The second-order valence-corrected chi connectivity index (χ2v) is 2.74. The minimum Gasteiger partial charge on any atom is -0.462 e. The normalized spacial score (nSPS) is 9.38. The van der Waals surface area contributed by atoms with Crippen LogP contribution in [0.4, 0.5) is 0 Å². The Morgan fingerprint density at radius 3 is 2.38 bits per heavy atom. The smallest absolute Gasteiger partial charge is 0.341 e. The van der Waals surface area contributed by atoms with Crippen LogP contribution in [0.15, 0.2) is 12.2 Å². The van der Waals surface area contributed by atoms with E-state index in [4.69, 9.17) is 4.74 Å². The van der Waals surface area contributed by atoms with Crippen molar-refractivity contribution in [3.8, 4) is 0 Å². The molecule has 0 unspecified atom stereocenters. The zero-order chi connectivity index (χ0) is 10.3. The molecule has 0 atom stereocenters. The van der Waals surface area contributed by atoms with Gasteiger partial charge < -0.3 is 4.74 Å². The fourth-order valence-corrected chi connectivity index (χ4v) is 0.724. The minimum atomic E-state index is -0.583. The van der Waals surface area contributed by atoms with Gasteiger partial charge in [0, 0.05) is 6.42 Å². The summed E-state index contributed by atoms with van der Waals surface area (Å²) in [4.78, 5) is 22.1. The van der Waals surface area contributed by atoms with Gasteiger partial charge in [-0.2, -0.15) is 0 Å². The zero-order valence-electron chi connectivity index (χ0n) is 8.26. The molecule has 0 radical (unpaired) electrons. The number of ether oxygens (including phenoxy) is 1. The van der Waals surface area contributed by atoms with Gasteiger partial charge >= 0.3 is 5.97 Å². The quantitative estimate of drug-likeness (QED) is 0.208. The van der Waals surface area contributed by atoms with Crippen molar-refractivity contribution in [2.24, 2.45) is 0 Å². The molecule has 0 aromatic heterocycles. The van der Waals surface area contributed by atoms with E-state index >= 15 is 0 Å². The first-order valence-corrected chi connectivity index (χ1v) is 4.52. The molecule has 3 heteroatoms. The molecule has 0 aliphatic carbocycles. The van der Waals surface area contributed by atoms with Crippen LogP contribution in [0.1, 0.15) is 33.1 Å². The Morgan fingerprint density at radius 2 is 1.92 bits per heavy atom. The van der Waals surface area contributed by atoms with Crippen LogP contribution in [0.2, 0.25) is 0 Å². The van der Waals surface area contributed by atoms with E-state index in [2.05, 4.69) is 6.58 Å². The molecule has 0 heterocycles. The molecule has 0 saturated carbocycles. The second-order valence-electron chi connectivity index (χ2n) is 2.74. The zero-order valence-corrected chi connectivity index (χ0v) is 8.26. The van der Waals surface area contributed by atoms with Crippen LogP contribution in [-0.2, 0) is 14.3 Å². The summed E-state index contributed by atoms with van der Waals surface area (Å²) in [5.41, 5.74) is -0.0430. The molecule has 0 rings (SSSR count). The SMILES string of the molecule is C=C(C(=O)CC)C(=O)OCCCC. The number of hydrogen-bond donors (Lipinski definition) is 0. The van der Waals surface area contributed by atoms with Crippen molar-refractivity contribution in [1.29, 1.82) is 0 Å². The predicted molar refractivity (Wildman–Crippen MR) is 50.3 cm³/mol. The highest BCUT2D eigenvalue weighted by atomic mass is 16.5. The Balaban J connectivity index is 3.83. The number of carbonyl (C=O) groups is 2. The van der Waals surface area contributed by atoms with E-state index < -0.39 is 5.97 Å². The summed E-state index contributed by atoms with van der Waals surface area (Å²) in [5.74, 6) is -0.832. The Hall–Kier alpha value is -1.12. The summed E-state index contributed by atoms with van der Waals surface area (Å²) < 4.78 is 4.81. The summed E-state index contributed by atoms with van der Waals surface area (Å²) in [6.07, 6.45) is 2.07. The Kier molecular flexibility index (Phi) is 5.85. The molecule has 0 aliphatic heterocycles. The minimum absolute atomic E-state index is 0.0430. The first-order valence-electron chi connectivity index (χ1n) is 4.52. The van der Waals surface area contributed by atoms with Crippen molar-refractivity contribution in [1.82, 2.24) is 0 Å². The van der Waals surface area contributed by atoms with Gasteiger partial charge in [-0.1, -0.05) is 26.8 Å². The van der Waals surface area contributed by atoms with Gasteiger partial charge in [-0.25, -0.2) is 4.79 Å². The first-order chi connectivity index (χ1) is 6.13. The third kappa shape index (κ3) is 4.45. The lowest BCUT2D eigenvalue weighted by Gasteiger charge is -2.03. The van der Waals surface area contributed by atoms with Crippen molar-refractivity contribution in [3.63, 3.8) is 0 Å². The van der Waals surface area contributed by atoms with Crippen LogP contribution < -0.4 is 0 Å². The summed E-state index contributed by atoms with van der Waals surface area (Å²) >= 11 is 0. The van der Waals surface area contributed by atoms with Gasteiger partial charge in [0.05, 0.1) is 12.2 Å². The third-order valence-corrected chi connectivity index (χ3v) is 1.64. The average Bonchev–Trinajstić information content (AvgIpc) is 2.15. The summed E-state index contributed by atoms with van der Waals surface area (Å²) in [7, 11) is 0. The molecule has 0 saturated heterocycles. The third-order valence-electron chi connectivity index (χ3n) is 1.64. The van der Waals surface area contributed by atoms with Gasteiger partial charge in [0.15, 0.2) is 5.78 Å². The molecule has 0 spiro atoms. The Bertz CT molecular complexity index is 206. The van der Waals surface area contributed by atoms with Crippen LogP contribution in [0.25, 0.3) is 0 Å². The fraction of sp³-hybridized carbons (Fsp3) is 0.600. The number of unbranched alkanes of at least 4 members (excludes halogenated alkanes) is 1. The van der Waals surface area contributed by atoms with E-state index in [1.54, 1.807) is 6.92 Å². The van der Waals surface area contributed by atoms with Crippen LogP contribution >= 0.6 is 0 Å². The number of Topliss-reactive ketones (excluding diaryl/α,β-unsaturated/α-hetero) is 1. The number of rotatable bonds is 6. The summed E-state index contributed by atoms with van der Waals surface area (Å²) in [6.45, 7) is 7.43. The van der Waals surface area contributed by atoms with Crippen molar-refractivity contribution >= 4 is 11.8 Å². The van der Waals surface area contributed by atoms with Crippen molar-refractivity contribution in [2.45, 2.75) is 33.1 Å². The van der Waals surface area contributed by atoms with Crippen LogP contribution in [0, 0.1) is 0 Å². The maximum Gasteiger partial charge on any atom is 0.341 e. The van der Waals surface area contributed by atoms with E-state index in [0.29, 0.717) is 13.0 Å². The maximum atomic E-state index is 11.1. The van der Waals surface area contributed by atoms with Crippen molar-refractivity contribution in [2.75, 3.05) is 6.61 Å². The number of esters is 1. The van der Waals surface area contributed by atoms with E-state index in [0.717, 1.165) is 12.8 Å². The molecule has 0 aromatic rings. The Labute approximate surface area is 78.8 Å². The van der Waals surface area contributed by atoms with Crippen molar-refractivity contribution in [3.05, 3.63) is 12.2 Å². The van der Waals surface area contributed by atoms with Gasteiger partial charge in [0.1, 0.15) is 0 Å². The van der Waals surface area contributed by atoms with Gasteiger partial charge in [0.2, 0.25) is 0 Å². The fourth-order valence-electron chi connectivity index (χ4n) is 0.724. The highest BCUT2D eigenvalue weighted by Crippen LogP contribution is 2.00. The molecule has 0 aromatic carbocycles. The number of ketones is 1. The molecule has 13 heavy (non-hydrogen) atoms. The molecule has 0 aliphatic rings. The maximum absolute atomic E-state index is 11.1. The van der Waals surface area contributed by atoms with E-state index in [1.165, 1.54) is 0 Å². The number of hydrogen-bond acceptors (Lipinski definition) is 3. The van der Waals surface area contributed by atoms with Crippen LogP contribution in [0.5, 0.6) is 0 Å². The topological polar surface area (TPSA) is 43.4 Å².